The van der Waals surface area contributed by atoms with Gasteiger partial charge in [-0.3, -0.25) is 20.0 Å². The monoisotopic (exact) mass is 198 g/mol. The zero-order valence-corrected chi connectivity index (χ0v) is 7.45. The number of amides is 2. The standard InChI is InChI=1S/C5H8Cl2N2O2/c1-9(5(11)3-7)8-4(10)2-6/h2-3H2,1H3,(H,8,10). The van der Waals surface area contributed by atoms with Crippen LogP contribution in [0.3, 0.4) is 0 Å². The number of nitrogens with zero attached hydrogens (tertiary/aromatic N) is 1. The summed E-state index contributed by atoms with van der Waals surface area (Å²) in [6, 6.07) is 0. The quantitative estimate of drug-likeness (QED) is 0.500. The second kappa shape index (κ2) is 5.21. The molecule has 11 heavy (non-hydrogen) atoms. The predicted octanol–water partition coefficient (Wildman–Crippen LogP) is -0.0464. The molecule has 6 heteroatoms. The Balaban J connectivity index is 3.77. The number of halogens is 2. The molecule has 0 aliphatic rings. The van der Waals surface area contributed by atoms with Gasteiger partial charge in [-0.2, -0.15) is 0 Å². The summed E-state index contributed by atoms with van der Waals surface area (Å²) in [6.45, 7) is 0. The predicted molar refractivity (Wildman–Crippen MR) is 42.4 cm³/mol. The van der Waals surface area contributed by atoms with Crippen molar-refractivity contribution in [3.8, 4) is 0 Å². The van der Waals surface area contributed by atoms with E-state index in [2.05, 4.69) is 5.43 Å². The maximum Gasteiger partial charge on any atom is 0.255 e. The summed E-state index contributed by atoms with van der Waals surface area (Å²) in [5, 5.41) is 0.998. The Morgan fingerprint density at radius 2 is 1.91 bits per heavy atom. The third-order valence-electron chi connectivity index (χ3n) is 0.902. The van der Waals surface area contributed by atoms with Gasteiger partial charge in [0.1, 0.15) is 11.8 Å². The van der Waals surface area contributed by atoms with Gasteiger partial charge >= 0.3 is 0 Å². The molecule has 64 valence electrons. The molecule has 2 amide bonds. The second-order valence-electron chi connectivity index (χ2n) is 1.75. The minimum atomic E-state index is -0.437. The summed E-state index contributed by atoms with van der Waals surface area (Å²) in [7, 11) is 1.40. The summed E-state index contributed by atoms with van der Waals surface area (Å²) in [5.74, 6) is -1.17. The molecule has 0 unspecified atom stereocenters. The molecule has 0 aliphatic heterocycles. The van der Waals surface area contributed by atoms with Crippen molar-refractivity contribution in [1.29, 1.82) is 0 Å². The number of alkyl halides is 2. The van der Waals surface area contributed by atoms with E-state index in [9.17, 15) is 9.59 Å². The molecule has 4 nitrogen and oxygen atoms in total. The third-order valence-corrected chi connectivity index (χ3v) is 1.37. The van der Waals surface area contributed by atoms with Gasteiger partial charge in [-0.25, -0.2) is 0 Å². The van der Waals surface area contributed by atoms with Crippen molar-refractivity contribution in [2.24, 2.45) is 0 Å². The lowest BCUT2D eigenvalue weighted by molar-refractivity contribution is -0.136. The third kappa shape index (κ3) is 4.06. The van der Waals surface area contributed by atoms with E-state index in [1.54, 1.807) is 0 Å². The van der Waals surface area contributed by atoms with Gasteiger partial charge in [-0.05, 0) is 0 Å². The number of hydrogen-bond donors (Lipinski definition) is 1. The van der Waals surface area contributed by atoms with Crippen LogP contribution in [-0.2, 0) is 9.59 Å². The SMILES string of the molecule is CN(NC(=O)CCl)C(=O)CCl. The Morgan fingerprint density at radius 1 is 1.36 bits per heavy atom. The van der Waals surface area contributed by atoms with Crippen LogP contribution in [0.25, 0.3) is 0 Å². The molecular formula is C5H8Cl2N2O2. The first-order valence-corrected chi connectivity index (χ1v) is 3.86. The molecule has 0 fully saturated rings. The van der Waals surface area contributed by atoms with Gasteiger partial charge in [0.15, 0.2) is 0 Å². The van der Waals surface area contributed by atoms with Crippen molar-refractivity contribution in [2.45, 2.75) is 0 Å². The molecule has 0 aromatic heterocycles. The van der Waals surface area contributed by atoms with Gasteiger partial charge in [0.05, 0.1) is 0 Å². The van der Waals surface area contributed by atoms with E-state index in [1.165, 1.54) is 7.05 Å². The Kier molecular flexibility index (Phi) is 4.98. The van der Waals surface area contributed by atoms with Gasteiger partial charge in [-0.15, -0.1) is 23.2 Å². The van der Waals surface area contributed by atoms with Crippen LogP contribution >= 0.6 is 23.2 Å². The minimum Gasteiger partial charge on any atom is -0.272 e. The lowest BCUT2D eigenvalue weighted by Gasteiger charge is -2.15. The average Bonchev–Trinajstić information content (AvgIpc) is 2.02. The summed E-state index contributed by atoms with van der Waals surface area (Å²) in [4.78, 5) is 21.3. The number of carbonyl (C=O) groups excluding carboxylic acids is 2. The van der Waals surface area contributed by atoms with Crippen molar-refractivity contribution < 1.29 is 9.59 Å². The van der Waals surface area contributed by atoms with Gasteiger partial charge in [-0.1, -0.05) is 0 Å². The second-order valence-corrected chi connectivity index (χ2v) is 2.29. The van der Waals surface area contributed by atoms with Crippen molar-refractivity contribution in [3.63, 3.8) is 0 Å². The molecule has 0 saturated heterocycles. The molecule has 1 N–H and O–H groups in total. The van der Waals surface area contributed by atoms with Crippen LogP contribution in [0.2, 0.25) is 0 Å². The first-order valence-electron chi connectivity index (χ1n) is 2.79. The van der Waals surface area contributed by atoms with Crippen LogP contribution < -0.4 is 5.43 Å². The van der Waals surface area contributed by atoms with Gasteiger partial charge < -0.3 is 0 Å². The fourth-order valence-corrected chi connectivity index (χ4v) is 0.608. The maximum atomic E-state index is 10.7. The highest BCUT2D eigenvalue weighted by Gasteiger charge is 2.08. The molecule has 0 atom stereocenters. The molecule has 0 radical (unpaired) electrons. The highest BCUT2D eigenvalue weighted by molar-refractivity contribution is 6.28. The smallest absolute Gasteiger partial charge is 0.255 e. The molecule has 0 aromatic carbocycles. The van der Waals surface area contributed by atoms with Gasteiger partial charge in [0.25, 0.3) is 11.8 Å². The van der Waals surface area contributed by atoms with E-state index >= 15 is 0 Å². The van der Waals surface area contributed by atoms with Gasteiger partial charge in [0.2, 0.25) is 0 Å². The number of rotatable bonds is 2. The molecule has 0 aliphatic carbocycles. The summed E-state index contributed by atoms with van der Waals surface area (Å²) in [6.07, 6.45) is 0. The molecule has 0 heterocycles. The molecule has 0 spiro atoms. The van der Waals surface area contributed by atoms with Crippen LogP contribution in [-0.4, -0.2) is 35.6 Å². The molecule has 0 aromatic rings. The Bertz CT molecular complexity index is 163. The van der Waals surface area contributed by atoms with Crippen molar-refractivity contribution in [2.75, 3.05) is 18.8 Å². The minimum absolute atomic E-state index is 0.168. The number of hydrazine groups is 1. The molecular weight excluding hydrogens is 191 g/mol. The van der Waals surface area contributed by atoms with E-state index in [0.29, 0.717) is 0 Å². The average molecular weight is 199 g/mol. The van der Waals surface area contributed by atoms with Crippen molar-refractivity contribution >= 4 is 35.0 Å². The fourth-order valence-electron chi connectivity index (χ4n) is 0.369. The first-order chi connectivity index (χ1) is 5.11. The molecule has 0 rings (SSSR count). The maximum absolute atomic E-state index is 10.7. The highest BCUT2D eigenvalue weighted by atomic mass is 35.5. The normalized spacial score (nSPS) is 9.00. The molecule has 0 saturated carbocycles. The molecule has 0 bridgehead atoms. The van der Waals surface area contributed by atoms with E-state index in [1.807, 2.05) is 0 Å². The van der Waals surface area contributed by atoms with Gasteiger partial charge in [0, 0.05) is 7.05 Å². The fraction of sp³-hybridized carbons (Fsp3) is 0.600. The Labute approximate surface area is 74.4 Å². The van der Waals surface area contributed by atoms with Crippen LogP contribution in [0.4, 0.5) is 0 Å². The summed E-state index contributed by atoms with van der Waals surface area (Å²) in [5.41, 5.74) is 2.21. The Hall–Kier alpha value is -0.480. The lowest BCUT2D eigenvalue weighted by Crippen LogP contribution is -2.44. The summed E-state index contributed by atoms with van der Waals surface area (Å²) >= 11 is 10.4. The Morgan fingerprint density at radius 3 is 2.27 bits per heavy atom. The zero-order valence-electron chi connectivity index (χ0n) is 5.93. The van der Waals surface area contributed by atoms with Crippen LogP contribution in [0.15, 0.2) is 0 Å². The summed E-state index contributed by atoms with van der Waals surface area (Å²) < 4.78 is 0. The van der Waals surface area contributed by atoms with Crippen LogP contribution in [0, 0.1) is 0 Å². The van der Waals surface area contributed by atoms with Crippen molar-refractivity contribution in [3.05, 3.63) is 0 Å². The van der Waals surface area contributed by atoms with Crippen LogP contribution in [0.1, 0.15) is 0 Å². The van der Waals surface area contributed by atoms with E-state index in [0.717, 1.165) is 5.01 Å². The van der Waals surface area contributed by atoms with Crippen molar-refractivity contribution in [1.82, 2.24) is 10.4 Å². The number of nitrogens with one attached hydrogen (secondary N) is 1. The zero-order chi connectivity index (χ0) is 8.85. The van der Waals surface area contributed by atoms with Crippen LogP contribution in [0.5, 0.6) is 0 Å². The van der Waals surface area contributed by atoms with E-state index < -0.39 is 5.91 Å². The highest BCUT2D eigenvalue weighted by Crippen LogP contribution is 1.84. The largest absolute Gasteiger partial charge is 0.272 e. The van der Waals surface area contributed by atoms with E-state index in [-0.39, 0.29) is 17.7 Å². The number of hydrogen-bond acceptors (Lipinski definition) is 2. The van der Waals surface area contributed by atoms with E-state index in [4.69, 9.17) is 23.2 Å². The number of carbonyl (C=O) groups is 2. The lowest BCUT2D eigenvalue weighted by atomic mass is 10.6. The topological polar surface area (TPSA) is 49.4 Å². The first kappa shape index (κ1) is 10.5.